The van der Waals surface area contributed by atoms with Crippen LogP contribution in [0.1, 0.15) is 31.2 Å². The van der Waals surface area contributed by atoms with Gasteiger partial charge in [-0.1, -0.05) is 30.4 Å². The Morgan fingerprint density at radius 1 is 1.21 bits per heavy atom. The van der Waals surface area contributed by atoms with E-state index in [0.29, 0.717) is 38.7 Å². The molecule has 0 radical (unpaired) electrons. The van der Waals surface area contributed by atoms with Gasteiger partial charge in [-0.25, -0.2) is 0 Å². The van der Waals surface area contributed by atoms with Gasteiger partial charge in [0.05, 0.1) is 6.54 Å². The summed E-state index contributed by atoms with van der Waals surface area (Å²) in [6.07, 6.45) is 7.78. The van der Waals surface area contributed by atoms with Crippen molar-refractivity contribution in [3.8, 4) is 5.75 Å². The van der Waals surface area contributed by atoms with Gasteiger partial charge in [0, 0.05) is 37.7 Å². The first kappa shape index (κ1) is 19.0. The fourth-order valence-corrected chi connectivity index (χ4v) is 4.06. The minimum Gasteiger partial charge on any atom is -0.489 e. The Balaban J connectivity index is 1.46. The van der Waals surface area contributed by atoms with E-state index in [1.54, 1.807) is 0 Å². The molecule has 1 aromatic rings. The molecule has 3 aliphatic rings. The topological polar surface area (TPSA) is 70.7 Å². The molecular weight excluding hydrogens is 354 g/mol. The molecule has 1 aliphatic carbocycles. The van der Waals surface area contributed by atoms with Gasteiger partial charge in [-0.3, -0.25) is 9.59 Å². The Hall–Kier alpha value is -2.34. The van der Waals surface area contributed by atoms with Crippen LogP contribution in [-0.4, -0.2) is 49.0 Å². The number of fused-ring (bicyclic) bond motifs is 3. The SMILES string of the molecule is O=C(C[C@@H]1CCN2C[C@@H]1/C=C\COc1ccccc1CNCC2=O)NC1CC1. The first-order valence-electron chi connectivity index (χ1n) is 10.3. The lowest BCUT2D eigenvalue weighted by molar-refractivity contribution is -0.132. The van der Waals surface area contributed by atoms with E-state index in [2.05, 4.69) is 16.7 Å². The molecule has 2 amide bonds. The van der Waals surface area contributed by atoms with E-state index >= 15 is 0 Å². The molecule has 2 fully saturated rings. The van der Waals surface area contributed by atoms with Gasteiger partial charge >= 0.3 is 0 Å². The first-order valence-corrected chi connectivity index (χ1v) is 10.3. The summed E-state index contributed by atoms with van der Waals surface area (Å²) in [5, 5.41) is 6.34. The summed E-state index contributed by atoms with van der Waals surface area (Å²) in [5.41, 5.74) is 1.05. The summed E-state index contributed by atoms with van der Waals surface area (Å²) in [4.78, 5) is 26.9. The summed E-state index contributed by atoms with van der Waals surface area (Å²) in [5.74, 6) is 1.56. The second kappa shape index (κ2) is 8.78. The van der Waals surface area contributed by atoms with Crippen molar-refractivity contribution < 1.29 is 14.3 Å². The van der Waals surface area contributed by atoms with E-state index < -0.39 is 0 Å². The highest BCUT2D eigenvalue weighted by molar-refractivity contribution is 5.79. The van der Waals surface area contributed by atoms with Crippen LogP contribution in [0, 0.1) is 11.8 Å². The molecule has 2 heterocycles. The number of nitrogens with one attached hydrogen (secondary N) is 2. The summed E-state index contributed by atoms with van der Waals surface area (Å²) in [6.45, 7) is 2.80. The Labute approximate surface area is 166 Å². The number of rotatable bonds is 3. The van der Waals surface area contributed by atoms with Crippen LogP contribution >= 0.6 is 0 Å². The zero-order chi connectivity index (χ0) is 19.3. The standard InChI is InChI=1S/C22H29N3O3/c26-21(24-19-7-8-19)12-16-9-10-25-15-18(16)5-3-11-28-20-6-2-1-4-17(20)13-23-14-22(25)27/h1-6,16,18-19,23H,7-15H2,(H,24,26)/b5-3-/t16-,18-/m0/s1. The summed E-state index contributed by atoms with van der Waals surface area (Å²) >= 11 is 0. The van der Waals surface area contributed by atoms with Crippen LogP contribution in [0.25, 0.3) is 0 Å². The normalized spacial score (nSPS) is 26.7. The fourth-order valence-electron chi connectivity index (χ4n) is 4.06. The number of benzene rings is 1. The van der Waals surface area contributed by atoms with Crippen LogP contribution in [0.5, 0.6) is 5.75 Å². The van der Waals surface area contributed by atoms with Crippen molar-refractivity contribution in [3.05, 3.63) is 42.0 Å². The molecule has 2 bridgehead atoms. The van der Waals surface area contributed by atoms with E-state index in [9.17, 15) is 9.59 Å². The van der Waals surface area contributed by atoms with Crippen LogP contribution in [0.15, 0.2) is 36.4 Å². The zero-order valence-electron chi connectivity index (χ0n) is 16.2. The van der Waals surface area contributed by atoms with Gasteiger partial charge in [-0.05, 0) is 37.2 Å². The Kier molecular flexibility index (Phi) is 5.95. The number of hydrogen-bond donors (Lipinski definition) is 2. The van der Waals surface area contributed by atoms with E-state index in [1.807, 2.05) is 35.2 Å². The molecule has 0 aromatic heterocycles. The zero-order valence-corrected chi connectivity index (χ0v) is 16.2. The number of ether oxygens (including phenoxy) is 1. The predicted molar refractivity (Wildman–Crippen MR) is 107 cm³/mol. The Morgan fingerprint density at radius 2 is 2.07 bits per heavy atom. The third-order valence-electron chi connectivity index (χ3n) is 5.83. The number of carbonyl (C=O) groups is 2. The average Bonchev–Trinajstić information content (AvgIpc) is 3.50. The van der Waals surface area contributed by atoms with Crippen molar-refractivity contribution in [2.24, 2.45) is 11.8 Å². The van der Waals surface area contributed by atoms with Crippen molar-refractivity contribution in [2.45, 2.75) is 38.3 Å². The smallest absolute Gasteiger partial charge is 0.236 e. The van der Waals surface area contributed by atoms with Gasteiger partial charge in [0.2, 0.25) is 11.8 Å². The third kappa shape index (κ3) is 4.93. The number of piperidine rings is 1. The van der Waals surface area contributed by atoms with Crippen LogP contribution < -0.4 is 15.4 Å². The van der Waals surface area contributed by atoms with Crippen molar-refractivity contribution in [2.75, 3.05) is 26.2 Å². The third-order valence-corrected chi connectivity index (χ3v) is 5.83. The van der Waals surface area contributed by atoms with Crippen LogP contribution in [-0.2, 0) is 16.1 Å². The molecule has 1 saturated carbocycles. The van der Waals surface area contributed by atoms with Gasteiger partial charge in [-0.2, -0.15) is 0 Å². The van der Waals surface area contributed by atoms with Gasteiger partial charge < -0.3 is 20.3 Å². The lowest BCUT2D eigenvalue weighted by Crippen LogP contribution is -2.47. The molecule has 1 aromatic carbocycles. The minimum absolute atomic E-state index is 0.122. The maximum Gasteiger partial charge on any atom is 0.236 e. The molecule has 6 heteroatoms. The van der Waals surface area contributed by atoms with Crippen LogP contribution in [0.4, 0.5) is 0 Å². The molecule has 2 atom stereocenters. The summed E-state index contributed by atoms with van der Waals surface area (Å²) in [7, 11) is 0. The molecule has 4 rings (SSSR count). The highest BCUT2D eigenvalue weighted by Gasteiger charge is 2.32. The number of nitrogens with zero attached hydrogens (tertiary/aromatic N) is 1. The molecule has 150 valence electrons. The number of carbonyl (C=O) groups excluding carboxylic acids is 2. The average molecular weight is 383 g/mol. The molecule has 2 N–H and O–H groups in total. The maximum absolute atomic E-state index is 12.7. The van der Waals surface area contributed by atoms with Crippen molar-refractivity contribution >= 4 is 11.8 Å². The molecule has 0 unspecified atom stereocenters. The van der Waals surface area contributed by atoms with Crippen LogP contribution in [0.3, 0.4) is 0 Å². The molecule has 28 heavy (non-hydrogen) atoms. The molecule has 1 saturated heterocycles. The largest absolute Gasteiger partial charge is 0.489 e. The highest BCUT2D eigenvalue weighted by Crippen LogP contribution is 2.29. The van der Waals surface area contributed by atoms with E-state index in [-0.39, 0.29) is 23.7 Å². The first-order chi connectivity index (χ1) is 13.7. The maximum atomic E-state index is 12.7. The predicted octanol–water partition coefficient (Wildman–Crippen LogP) is 1.86. The fraction of sp³-hybridized carbons (Fsp3) is 0.545. The van der Waals surface area contributed by atoms with Crippen LogP contribution in [0.2, 0.25) is 0 Å². The Morgan fingerprint density at radius 3 is 2.93 bits per heavy atom. The number of hydrogen-bond acceptors (Lipinski definition) is 4. The molecule has 2 aliphatic heterocycles. The van der Waals surface area contributed by atoms with E-state index in [0.717, 1.165) is 37.1 Å². The molecule has 6 nitrogen and oxygen atoms in total. The van der Waals surface area contributed by atoms with Gasteiger partial charge in [0.1, 0.15) is 12.4 Å². The second-order valence-electron chi connectivity index (χ2n) is 8.05. The van der Waals surface area contributed by atoms with Crippen molar-refractivity contribution in [3.63, 3.8) is 0 Å². The minimum atomic E-state index is 0.122. The summed E-state index contributed by atoms with van der Waals surface area (Å²) < 4.78 is 5.94. The monoisotopic (exact) mass is 383 g/mol. The number of para-hydroxylation sites is 1. The second-order valence-corrected chi connectivity index (χ2v) is 8.05. The summed E-state index contributed by atoms with van der Waals surface area (Å²) in [6, 6.07) is 8.30. The molecule has 0 spiro atoms. The van der Waals surface area contributed by atoms with Crippen molar-refractivity contribution in [1.82, 2.24) is 15.5 Å². The van der Waals surface area contributed by atoms with Gasteiger partial charge in [0.15, 0.2) is 0 Å². The van der Waals surface area contributed by atoms with Crippen molar-refractivity contribution in [1.29, 1.82) is 0 Å². The lowest BCUT2D eigenvalue weighted by Gasteiger charge is -2.37. The van der Waals surface area contributed by atoms with Gasteiger partial charge in [0.25, 0.3) is 0 Å². The Bertz CT molecular complexity index is 744. The lowest BCUT2D eigenvalue weighted by atomic mass is 9.82. The molecular formula is C22H29N3O3. The number of amides is 2. The van der Waals surface area contributed by atoms with Gasteiger partial charge in [-0.15, -0.1) is 0 Å². The van der Waals surface area contributed by atoms with E-state index in [1.165, 1.54) is 0 Å². The quantitative estimate of drug-likeness (QED) is 0.782. The van der Waals surface area contributed by atoms with E-state index in [4.69, 9.17) is 4.74 Å². The highest BCUT2D eigenvalue weighted by atomic mass is 16.5.